The van der Waals surface area contributed by atoms with E-state index < -0.39 is 0 Å². The highest BCUT2D eigenvalue weighted by atomic mass is 15.3. The van der Waals surface area contributed by atoms with Crippen LogP contribution in [0, 0.1) is 0 Å². The molecule has 0 saturated carbocycles. The number of nitrogens with zero attached hydrogens (tertiary/aromatic N) is 5. The fourth-order valence-corrected chi connectivity index (χ4v) is 2.48. The van der Waals surface area contributed by atoms with Gasteiger partial charge >= 0.3 is 0 Å². The number of nitrogens with two attached hydrogens (primary N) is 1. The van der Waals surface area contributed by atoms with Crippen molar-refractivity contribution in [2.45, 2.75) is 18.9 Å². The van der Waals surface area contributed by atoms with Gasteiger partial charge < -0.3 is 16.0 Å². The Balaban J connectivity index is 1.89. The van der Waals surface area contributed by atoms with Crippen LogP contribution in [0.25, 0.3) is 0 Å². The second-order valence-electron chi connectivity index (χ2n) is 5.06. The van der Waals surface area contributed by atoms with Gasteiger partial charge in [-0.1, -0.05) is 0 Å². The average molecular weight is 273 g/mol. The maximum Gasteiger partial charge on any atom is 0.231 e. The fourth-order valence-electron chi connectivity index (χ4n) is 2.48. The summed E-state index contributed by atoms with van der Waals surface area (Å²) in [6, 6.07) is 2.14. The smallest absolute Gasteiger partial charge is 0.231 e. The molecule has 0 spiro atoms. The zero-order valence-corrected chi connectivity index (χ0v) is 11.5. The molecule has 0 radical (unpaired) electrons. The summed E-state index contributed by atoms with van der Waals surface area (Å²) in [5.41, 5.74) is 6.75. The monoisotopic (exact) mass is 273 g/mol. The largest absolute Gasteiger partial charge is 0.384 e. The summed E-state index contributed by atoms with van der Waals surface area (Å²) in [6.45, 7) is 1.89. The van der Waals surface area contributed by atoms with E-state index in [-0.39, 0.29) is 0 Å². The topological polar surface area (TPSA) is 84.9 Å². The van der Waals surface area contributed by atoms with Crippen LogP contribution in [0.1, 0.15) is 12.8 Å². The van der Waals surface area contributed by atoms with Crippen molar-refractivity contribution < 1.29 is 0 Å². The van der Waals surface area contributed by atoms with Crippen LogP contribution < -0.4 is 16.0 Å². The van der Waals surface area contributed by atoms with Gasteiger partial charge in [0.05, 0.1) is 11.9 Å². The Morgan fingerprint density at radius 2 is 2.45 bits per heavy atom. The van der Waals surface area contributed by atoms with Crippen molar-refractivity contribution in [3.63, 3.8) is 0 Å². The van der Waals surface area contributed by atoms with Gasteiger partial charge in [0.15, 0.2) is 0 Å². The van der Waals surface area contributed by atoms with Gasteiger partial charge in [0.2, 0.25) is 5.95 Å². The summed E-state index contributed by atoms with van der Waals surface area (Å²) in [5, 5.41) is 7.72. The molecule has 0 aromatic carbocycles. The first-order valence-corrected chi connectivity index (χ1v) is 6.80. The Morgan fingerprint density at radius 1 is 1.55 bits per heavy atom. The molecule has 106 valence electrons. The van der Waals surface area contributed by atoms with E-state index >= 15 is 0 Å². The molecule has 1 aliphatic rings. The molecule has 1 saturated heterocycles. The number of nitrogens with one attached hydrogen (secondary N) is 1. The van der Waals surface area contributed by atoms with Crippen molar-refractivity contribution in [2.24, 2.45) is 7.05 Å². The highest BCUT2D eigenvalue weighted by Gasteiger charge is 2.21. The molecule has 1 fully saturated rings. The number of hydrogen-bond donors (Lipinski definition) is 2. The Labute approximate surface area is 117 Å². The number of aromatic nitrogens is 4. The summed E-state index contributed by atoms with van der Waals surface area (Å²) < 4.78 is 1.77. The molecular weight excluding hydrogens is 254 g/mol. The van der Waals surface area contributed by atoms with E-state index in [0.29, 0.717) is 17.8 Å². The lowest BCUT2D eigenvalue weighted by molar-refractivity contribution is 0.604. The predicted octanol–water partition coefficient (Wildman–Crippen LogP) is 0.682. The number of nitrogen functional groups attached to an aromatic ring is 1. The lowest BCUT2D eigenvalue weighted by atomic mass is 10.2. The van der Waals surface area contributed by atoms with Crippen LogP contribution in [-0.4, -0.2) is 38.9 Å². The van der Waals surface area contributed by atoms with Gasteiger partial charge in [0.25, 0.3) is 0 Å². The summed E-state index contributed by atoms with van der Waals surface area (Å²) in [7, 11) is 1.90. The summed E-state index contributed by atoms with van der Waals surface area (Å²) in [5.74, 6) is 1.09. The molecule has 0 bridgehead atoms. The van der Waals surface area contributed by atoms with Crippen molar-refractivity contribution in [3.8, 4) is 0 Å². The molecule has 0 unspecified atom stereocenters. The third-order valence-corrected chi connectivity index (χ3v) is 3.47. The lowest BCUT2D eigenvalue weighted by Crippen LogP contribution is -2.35. The van der Waals surface area contributed by atoms with Crippen LogP contribution in [0.3, 0.4) is 0 Å². The Bertz CT molecular complexity index is 574. The minimum Gasteiger partial charge on any atom is -0.384 e. The van der Waals surface area contributed by atoms with Gasteiger partial charge in [0.1, 0.15) is 5.82 Å². The van der Waals surface area contributed by atoms with E-state index in [9.17, 15) is 0 Å². The third kappa shape index (κ3) is 2.72. The Hall–Kier alpha value is -2.15. The van der Waals surface area contributed by atoms with Crippen LogP contribution >= 0.6 is 0 Å². The van der Waals surface area contributed by atoms with Crippen LogP contribution in [0.2, 0.25) is 0 Å². The first kappa shape index (κ1) is 12.9. The van der Waals surface area contributed by atoms with Gasteiger partial charge in [-0.25, -0.2) is 4.98 Å². The molecular formula is C13H19N7. The molecule has 3 heterocycles. The molecule has 0 aliphatic carbocycles. The van der Waals surface area contributed by atoms with E-state index in [2.05, 4.69) is 25.3 Å². The second kappa shape index (κ2) is 5.46. The zero-order valence-electron chi connectivity index (χ0n) is 11.5. The standard InChI is InChI=1S/C13H19N7/c1-19-9-11(7-17-19)20(8-10-3-2-5-15-10)13-16-6-4-12(14)18-13/h4,6-7,9-10,15H,2-3,5,8H2,1H3,(H2,14,16,18)/t10-/m1/s1. The summed E-state index contributed by atoms with van der Waals surface area (Å²) in [6.07, 6.45) is 7.84. The maximum atomic E-state index is 5.77. The molecule has 2 aromatic rings. The minimum atomic E-state index is 0.445. The Kier molecular flexibility index (Phi) is 3.51. The number of hydrogen-bond acceptors (Lipinski definition) is 6. The van der Waals surface area contributed by atoms with Gasteiger partial charge in [-0.2, -0.15) is 10.1 Å². The summed E-state index contributed by atoms with van der Waals surface area (Å²) in [4.78, 5) is 10.7. The molecule has 2 aromatic heterocycles. The number of anilines is 3. The minimum absolute atomic E-state index is 0.445. The SMILES string of the molecule is Cn1cc(N(C[C@H]2CCCN2)c2nccc(N)n2)cn1. The Morgan fingerprint density at radius 3 is 3.10 bits per heavy atom. The molecule has 1 aliphatic heterocycles. The van der Waals surface area contributed by atoms with E-state index in [1.165, 1.54) is 12.8 Å². The molecule has 3 N–H and O–H groups in total. The van der Waals surface area contributed by atoms with Crippen LogP contribution in [0.15, 0.2) is 24.7 Å². The second-order valence-corrected chi connectivity index (χ2v) is 5.06. The molecule has 0 amide bonds. The van der Waals surface area contributed by atoms with Gasteiger partial charge in [-0.3, -0.25) is 4.68 Å². The maximum absolute atomic E-state index is 5.77. The highest BCUT2D eigenvalue weighted by Crippen LogP contribution is 2.23. The van der Waals surface area contributed by atoms with Crippen molar-refractivity contribution >= 4 is 17.5 Å². The normalized spacial score (nSPS) is 18.4. The van der Waals surface area contributed by atoms with Crippen LogP contribution in [0.4, 0.5) is 17.5 Å². The third-order valence-electron chi connectivity index (χ3n) is 3.47. The van der Waals surface area contributed by atoms with Gasteiger partial charge in [0, 0.05) is 32.0 Å². The first-order valence-electron chi connectivity index (χ1n) is 6.80. The van der Waals surface area contributed by atoms with E-state index in [1.54, 1.807) is 16.9 Å². The lowest BCUT2D eigenvalue weighted by Gasteiger charge is -2.24. The van der Waals surface area contributed by atoms with E-state index in [0.717, 1.165) is 18.8 Å². The number of rotatable bonds is 4. The molecule has 3 rings (SSSR count). The van der Waals surface area contributed by atoms with Gasteiger partial charge in [-0.05, 0) is 25.5 Å². The average Bonchev–Trinajstić information content (AvgIpc) is 3.07. The number of aryl methyl sites for hydroxylation is 1. The van der Waals surface area contributed by atoms with Crippen LogP contribution in [0.5, 0.6) is 0 Å². The van der Waals surface area contributed by atoms with Crippen LogP contribution in [-0.2, 0) is 7.05 Å². The molecule has 20 heavy (non-hydrogen) atoms. The quantitative estimate of drug-likeness (QED) is 0.852. The molecule has 7 nitrogen and oxygen atoms in total. The zero-order chi connectivity index (χ0) is 13.9. The van der Waals surface area contributed by atoms with Gasteiger partial charge in [-0.15, -0.1) is 0 Å². The van der Waals surface area contributed by atoms with Crippen molar-refractivity contribution in [1.82, 2.24) is 25.1 Å². The van der Waals surface area contributed by atoms with Crippen molar-refractivity contribution in [3.05, 3.63) is 24.7 Å². The predicted molar refractivity (Wildman–Crippen MR) is 77.7 cm³/mol. The van der Waals surface area contributed by atoms with Crippen molar-refractivity contribution in [2.75, 3.05) is 23.7 Å². The molecule has 7 heteroatoms. The van der Waals surface area contributed by atoms with E-state index in [1.807, 2.05) is 19.4 Å². The fraction of sp³-hybridized carbons (Fsp3) is 0.462. The highest BCUT2D eigenvalue weighted by molar-refractivity contribution is 5.56. The molecule has 1 atom stereocenters. The van der Waals surface area contributed by atoms with E-state index in [4.69, 9.17) is 5.73 Å². The summed E-state index contributed by atoms with van der Waals surface area (Å²) >= 11 is 0. The first-order chi connectivity index (χ1) is 9.72. The van der Waals surface area contributed by atoms with Crippen molar-refractivity contribution in [1.29, 1.82) is 0 Å².